The quantitative estimate of drug-likeness (QED) is 0.637. The Morgan fingerprint density at radius 2 is 1.63 bits per heavy atom. The van der Waals surface area contributed by atoms with Crippen LogP contribution in [-0.4, -0.2) is 18.9 Å². The van der Waals surface area contributed by atoms with Crippen LogP contribution in [0.2, 0.25) is 0 Å². The Morgan fingerprint density at radius 1 is 0.900 bits per heavy atom. The van der Waals surface area contributed by atoms with Gasteiger partial charge in [-0.1, -0.05) is 48.0 Å². The third-order valence-electron chi connectivity index (χ3n) is 4.86. The maximum Gasteiger partial charge on any atom is 0.282 e. The Bertz CT molecular complexity index is 1170. The normalized spacial score (nSPS) is 13.8. The number of ether oxygens (including phenoxy) is 1. The molecule has 0 bridgehead atoms. The smallest absolute Gasteiger partial charge is 0.282 e. The lowest BCUT2D eigenvalue weighted by Gasteiger charge is -2.16. The minimum Gasteiger partial charge on any atom is -0.495 e. The SMILES string of the molecule is COc1ccccc1NC1=C(c2ccc(C)cc2)C(=O)N(c2cccc(F)c2)C1=O. The molecule has 0 spiro atoms. The second-order valence-electron chi connectivity index (χ2n) is 6.87. The van der Waals surface area contributed by atoms with Crippen LogP contribution < -0.4 is 15.0 Å². The van der Waals surface area contributed by atoms with Crippen LogP contribution in [0.3, 0.4) is 0 Å². The highest BCUT2D eigenvalue weighted by Gasteiger charge is 2.40. The van der Waals surface area contributed by atoms with Crippen LogP contribution >= 0.6 is 0 Å². The number of carbonyl (C=O) groups is 2. The topological polar surface area (TPSA) is 58.6 Å². The molecule has 0 saturated heterocycles. The van der Waals surface area contributed by atoms with Crippen molar-refractivity contribution in [2.45, 2.75) is 6.92 Å². The molecule has 0 radical (unpaired) electrons. The van der Waals surface area contributed by atoms with Crippen LogP contribution in [0.4, 0.5) is 15.8 Å². The Hall–Kier alpha value is -3.93. The number of para-hydroxylation sites is 2. The molecule has 30 heavy (non-hydrogen) atoms. The maximum absolute atomic E-state index is 13.8. The van der Waals surface area contributed by atoms with Gasteiger partial charge in [0.15, 0.2) is 0 Å². The molecular formula is C24H19FN2O3. The Morgan fingerprint density at radius 3 is 2.33 bits per heavy atom. The monoisotopic (exact) mass is 402 g/mol. The van der Waals surface area contributed by atoms with E-state index in [1.165, 1.54) is 25.3 Å². The number of amides is 2. The van der Waals surface area contributed by atoms with Gasteiger partial charge in [-0.3, -0.25) is 9.59 Å². The predicted molar refractivity (Wildman–Crippen MR) is 114 cm³/mol. The van der Waals surface area contributed by atoms with Crippen LogP contribution in [0.5, 0.6) is 5.75 Å². The Balaban J connectivity index is 1.85. The van der Waals surface area contributed by atoms with Crippen LogP contribution in [-0.2, 0) is 9.59 Å². The number of carbonyl (C=O) groups excluding carboxylic acids is 2. The lowest BCUT2D eigenvalue weighted by molar-refractivity contribution is -0.120. The average molecular weight is 402 g/mol. The molecule has 1 N–H and O–H groups in total. The zero-order valence-electron chi connectivity index (χ0n) is 16.5. The van der Waals surface area contributed by atoms with Crippen molar-refractivity contribution >= 4 is 28.8 Å². The fraction of sp³-hybridized carbons (Fsp3) is 0.0833. The summed E-state index contributed by atoms with van der Waals surface area (Å²) in [6.45, 7) is 1.94. The van der Waals surface area contributed by atoms with Gasteiger partial charge in [0.2, 0.25) is 0 Å². The summed E-state index contributed by atoms with van der Waals surface area (Å²) in [7, 11) is 1.52. The molecule has 0 fully saturated rings. The first-order chi connectivity index (χ1) is 14.5. The lowest BCUT2D eigenvalue weighted by Crippen LogP contribution is -2.32. The second-order valence-corrected chi connectivity index (χ2v) is 6.87. The number of rotatable bonds is 5. The summed E-state index contributed by atoms with van der Waals surface area (Å²) in [5.41, 5.74) is 2.66. The molecule has 1 aliphatic heterocycles. The average Bonchev–Trinajstić information content (AvgIpc) is 2.99. The first kappa shape index (κ1) is 19.4. The van der Waals surface area contributed by atoms with E-state index in [1.54, 1.807) is 36.4 Å². The van der Waals surface area contributed by atoms with Crippen molar-refractivity contribution in [2.75, 3.05) is 17.3 Å². The Kier molecular flexibility index (Phi) is 5.06. The van der Waals surface area contributed by atoms with Crippen molar-refractivity contribution in [1.82, 2.24) is 0 Å². The summed E-state index contributed by atoms with van der Waals surface area (Å²) in [4.78, 5) is 27.6. The fourth-order valence-corrected chi connectivity index (χ4v) is 3.37. The highest BCUT2D eigenvalue weighted by molar-refractivity contribution is 6.46. The number of benzene rings is 3. The molecule has 4 rings (SSSR count). The summed E-state index contributed by atoms with van der Waals surface area (Å²) in [5.74, 6) is -1.09. The zero-order valence-corrected chi connectivity index (χ0v) is 16.5. The van der Waals surface area contributed by atoms with Gasteiger partial charge in [-0.25, -0.2) is 9.29 Å². The molecule has 1 heterocycles. The van der Waals surface area contributed by atoms with Crippen molar-refractivity contribution in [1.29, 1.82) is 0 Å². The number of anilines is 2. The van der Waals surface area contributed by atoms with E-state index >= 15 is 0 Å². The first-order valence-electron chi connectivity index (χ1n) is 9.35. The number of nitrogens with zero attached hydrogens (tertiary/aromatic N) is 1. The summed E-state index contributed by atoms with van der Waals surface area (Å²) in [5, 5.41) is 3.07. The maximum atomic E-state index is 13.8. The second kappa shape index (κ2) is 7.83. The van der Waals surface area contributed by atoms with Crippen LogP contribution in [0.25, 0.3) is 5.57 Å². The van der Waals surface area contributed by atoms with Gasteiger partial charge in [0.05, 0.1) is 24.1 Å². The van der Waals surface area contributed by atoms with E-state index in [0.717, 1.165) is 16.5 Å². The number of imide groups is 1. The third-order valence-corrected chi connectivity index (χ3v) is 4.86. The van der Waals surface area contributed by atoms with E-state index in [9.17, 15) is 14.0 Å². The number of nitrogens with one attached hydrogen (secondary N) is 1. The molecule has 5 nitrogen and oxygen atoms in total. The largest absolute Gasteiger partial charge is 0.495 e. The molecule has 0 aliphatic carbocycles. The summed E-state index contributed by atoms with van der Waals surface area (Å²) < 4.78 is 19.1. The van der Waals surface area contributed by atoms with E-state index in [-0.39, 0.29) is 17.0 Å². The van der Waals surface area contributed by atoms with Gasteiger partial charge in [-0.05, 0) is 42.8 Å². The molecular weight excluding hydrogens is 383 g/mol. The van der Waals surface area contributed by atoms with Crippen LogP contribution in [0.1, 0.15) is 11.1 Å². The van der Waals surface area contributed by atoms with Crippen molar-refractivity contribution in [3.8, 4) is 5.75 Å². The van der Waals surface area contributed by atoms with Gasteiger partial charge in [-0.15, -0.1) is 0 Å². The fourth-order valence-electron chi connectivity index (χ4n) is 3.37. The van der Waals surface area contributed by atoms with Crippen LogP contribution in [0, 0.1) is 12.7 Å². The minimum absolute atomic E-state index is 0.109. The van der Waals surface area contributed by atoms with Crippen molar-refractivity contribution in [2.24, 2.45) is 0 Å². The molecule has 0 atom stereocenters. The molecule has 3 aromatic rings. The van der Waals surface area contributed by atoms with Gasteiger partial charge in [-0.2, -0.15) is 0 Å². The van der Waals surface area contributed by atoms with Crippen molar-refractivity contribution < 1.29 is 18.7 Å². The van der Waals surface area contributed by atoms with Gasteiger partial charge in [0.25, 0.3) is 11.8 Å². The number of halogens is 1. The number of aryl methyl sites for hydroxylation is 1. The molecule has 6 heteroatoms. The molecule has 3 aromatic carbocycles. The number of hydrogen-bond acceptors (Lipinski definition) is 4. The highest BCUT2D eigenvalue weighted by Crippen LogP contribution is 2.35. The van der Waals surface area contributed by atoms with E-state index < -0.39 is 17.6 Å². The van der Waals surface area contributed by atoms with E-state index in [0.29, 0.717) is 17.0 Å². The molecule has 150 valence electrons. The molecule has 0 aromatic heterocycles. The van der Waals surface area contributed by atoms with E-state index in [1.807, 2.05) is 19.1 Å². The summed E-state index contributed by atoms with van der Waals surface area (Å²) >= 11 is 0. The standard InChI is InChI=1S/C24H19FN2O3/c1-15-10-12-16(13-11-15)21-22(26-19-8-3-4-9-20(19)30-2)24(29)27(23(21)28)18-7-5-6-17(25)14-18/h3-14,26H,1-2H3. The van der Waals surface area contributed by atoms with Crippen molar-refractivity contribution in [3.63, 3.8) is 0 Å². The van der Waals surface area contributed by atoms with Gasteiger partial charge < -0.3 is 10.1 Å². The van der Waals surface area contributed by atoms with E-state index in [4.69, 9.17) is 4.74 Å². The van der Waals surface area contributed by atoms with Crippen molar-refractivity contribution in [3.05, 3.63) is 95.4 Å². The number of methoxy groups -OCH3 is 1. The third kappa shape index (κ3) is 3.43. The zero-order chi connectivity index (χ0) is 21.3. The summed E-state index contributed by atoms with van der Waals surface area (Å²) in [6, 6.07) is 19.8. The summed E-state index contributed by atoms with van der Waals surface area (Å²) in [6.07, 6.45) is 0. The van der Waals surface area contributed by atoms with E-state index in [2.05, 4.69) is 5.32 Å². The number of hydrogen-bond donors (Lipinski definition) is 1. The first-order valence-corrected chi connectivity index (χ1v) is 9.35. The Labute approximate surface area is 173 Å². The lowest BCUT2D eigenvalue weighted by atomic mass is 10.0. The predicted octanol–water partition coefficient (Wildman–Crippen LogP) is 4.54. The minimum atomic E-state index is -0.563. The van der Waals surface area contributed by atoms with Crippen LogP contribution in [0.15, 0.2) is 78.5 Å². The molecule has 0 saturated carbocycles. The van der Waals surface area contributed by atoms with Gasteiger partial charge in [0, 0.05) is 0 Å². The van der Waals surface area contributed by atoms with Gasteiger partial charge in [0.1, 0.15) is 17.3 Å². The van der Waals surface area contributed by atoms with Gasteiger partial charge >= 0.3 is 0 Å². The molecule has 2 amide bonds. The highest BCUT2D eigenvalue weighted by atomic mass is 19.1. The molecule has 0 unspecified atom stereocenters. The molecule has 1 aliphatic rings.